The summed E-state index contributed by atoms with van der Waals surface area (Å²) in [6.07, 6.45) is 8.87. The van der Waals surface area contributed by atoms with Gasteiger partial charge in [-0.1, -0.05) is 56.5 Å². The van der Waals surface area contributed by atoms with E-state index in [1.807, 2.05) is 4.68 Å². The molecule has 2 aromatic rings. The first kappa shape index (κ1) is 19.5. The maximum atomic E-state index is 4.47. The van der Waals surface area contributed by atoms with Crippen molar-refractivity contribution in [2.45, 2.75) is 70.5 Å². The van der Waals surface area contributed by atoms with Crippen molar-refractivity contribution in [1.82, 2.24) is 30.0 Å². The van der Waals surface area contributed by atoms with Crippen molar-refractivity contribution < 1.29 is 0 Å². The lowest BCUT2D eigenvalue weighted by Gasteiger charge is -2.41. The molecule has 28 heavy (non-hydrogen) atoms. The zero-order valence-electron chi connectivity index (χ0n) is 17.2. The largest absolute Gasteiger partial charge is 0.298 e. The van der Waals surface area contributed by atoms with Crippen LogP contribution in [0.25, 0.3) is 0 Å². The minimum Gasteiger partial charge on any atom is -0.298 e. The van der Waals surface area contributed by atoms with Crippen LogP contribution in [0.4, 0.5) is 0 Å². The van der Waals surface area contributed by atoms with Gasteiger partial charge in [-0.25, -0.2) is 4.68 Å². The van der Waals surface area contributed by atoms with Crippen molar-refractivity contribution in [3.63, 3.8) is 0 Å². The molecule has 0 amide bonds. The monoisotopic (exact) mass is 382 g/mol. The Morgan fingerprint density at radius 2 is 1.79 bits per heavy atom. The summed E-state index contributed by atoms with van der Waals surface area (Å²) in [5, 5.41) is 12.8. The van der Waals surface area contributed by atoms with Crippen LogP contribution in [0.5, 0.6) is 0 Å². The first-order valence-corrected chi connectivity index (χ1v) is 11.1. The van der Waals surface area contributed by atoms with E-state index in [1.54, 1.807) is 0 Å². The quantitative estimate of drug-likeness (QED) is 0.701. The maximum Gasteiger partial charge on any atom is 0.168 e. The molecule has 2 fully saturated rings. The summed E-state index contributed by atoms with van der Waals surface area (Å²) >= 11 is 0. The Kier molecular flexibility index (Phi) is 6.70. The van der Waals surface area contributed by atoms with Gasteiger partial charge in [-0.15, -0.1) is 5.10 Å². The highest BCUT2D eigenvalue weighted by atomic mass is 15.6. The Morgan fingerprint density at radius 1 is 1.04 bits per heavy atom. The van der Waals surface area contributed by atoms with Gasteiger partial charge >= 0.3 is 0 Å². The van der Waals surface area contributed by atoms with E-state index in [0.717, 1.165) is 50.8 Å². The summed E-state index contributed by atoms with van der Waals surface area (Å²) in [5.41, 5.74) is 1.33. The highest BCUT2D eigenvalue weighted by molar-refractivity contribution is 5.14. The zero-order chi connectivity index (χ0) is 19.2. The van der Waals surface area contributed by atoms with Crippen LogP contribution < -0.4 is 0 Å². The summed E-state index contributed by atoms with van der Waals surface area (Å²) in [6, 6.07) is 11.8. The van der Waals surface area contributed by atoms with E-state index in [2.05, 4.69) is 62.6 Å². The van der Waals surface area contributed by atoms with Crippen LogP contribution in [0.3, 0.4) is 0 Å². The fourth-order valence-electron chi connectivity index (χ4n) is 4.92. The standard InChI is InChI=1S/C22H34N6/c1-2-8-21(27-17-15-26(16-18-27)20-11-6-7-12-20)22-23-24-25-28(22)14-13-19-9-4-3-5-10-19/h3-5,9-10,20-21H,2,6-8,11-18H2,1H3/t21-/m1/s1. The van der Waals surface area contributed by atoms with E-state index in [0.29, 0.717) is 6.04 Å². The molecule has 1 saturated carbocycles. The Morgan fingerprint density at radius 3 is 2.50 bits per heavy atom. The van der Waals surface area contributed by atoms with E-state index in [9.17, 15) is 0 Å². The van der Waals surface area contributed by atoms with Crippen LogP contribution in [0.15, 0.2) is 30.3 Å². The molecule has 0 radical (unpaired) electrons. The third-order valence-electron chi connectivity index (χ3n) is 6.51. The molecule has 0 spiro atoms. The predicted molar refractivity (Wildman–Crippen MR) is 111 cm³/mol. The van der Waals surface area contributed by atoms with Crippen molar-refractivity contribution in [2.24, 2.45) is 0 Å². The fraction of sp³-hybridized carbons (Fsp3) is 0.682. The molecule has 1 aromatic carbocycles. The molecule has 2 heterocycles. The van der Waals surface area contributed by atoms with Gasteiger partial charge in [0.25, 0.3) is 0 Å². The average molecular weight is 383 g/mol. The molecule has 1 saturated heterocycles. The molecule has 0 bridgehead atoms. The topological polar surface area (TPSA) is 50.1 Å². The number of aryl methyl sites for hydroxylation is 2. The molecular formula is C22H34N6. The number of hydrogen-bond donors (Lipinski definition) is 0. The number of hydrogen-bond acceptors (Lipinski definition) is 5. The van der Waals surface area contributed by atoms with Gasteiger partial charge in [-0.05, 0) is 41.7 Å². The lowest BCUT2D eigenvalue weighted by atomic mass is 10.1. The smallest absolute Gasteiger partial charge is 0.168 e. The summed E-state index contributed by atoms with van der Waals surface area (Å²) in [6.45, 7) is 7.75. The van der Waals surface area contributed by atoms with Crippen LogP contribution in [0, 0.1) is 0 Å². The summed E-state index contributed by atoms with van der Waals surface area (Å²) < 4.78 is 2.04. The second kappa shape index (κ2) is 9.61. The number of rotatable bonds is 8. The van der Waals surface area contributed by atoms with Crippen LogP contribution >= 0.6 is 0 Å². The van der Waals surface area contributed by atoms with E-state index >= 15 is 0 Å². The van der Waals surface area contributed by atoms with E-state index in [-0.39, 0.29) is 0 Å². The molecule has 6 nitrogen and oxygen atoms in total. The van der Waals surface area contributed by atoms with Gasteiger partial charge in [0.2, 0.25) is 0 Å². The molecule has 152 valence electrons. The Labute approximate surface area is 168 Å². The average Bonchev–Trinajstić information content (AvgIpc) is 3.44. The van der Waals surface area contributed by atoms with Crippen LogP contribution in [0.1, 0.15) is 62.9 Å². The fourth-order valence-corrected chi connectivity index (χ4v) is 4.92. The molecule has 1 atom stereocenters. The van der Waals surface area contributed by atoms with Crippen molar-refractivity contribution >= 4 is 0 Å². The molecule has 0 unspecified atom stereocenters. The van der Waals surface area contributed by atoms with Crippen molar-refractivity contribution in [1.29, 1.82) is 0 Å². The molecule has 0 N–H and O–H groups in total. The molecule has 2 aliphatic rings. The van der Waals surface area contributed by atoms with Gasteiger partial charge in [0.15, 0.2) is 5.82 Å². The summed E-state index contributed by atoms with van der Waals surface area (Å²) in [7, 11) is 0. The number of piperazine rings is 1. The minimum atomic E-state index is 0.335. The van der Waals surface area contributed by atoms with Gasteiger partial charge < -0.3 is 0 Å². The number of nitrogens with zero attached hydrogens (tertiary/aromatic N) is 6. The molecule has 4 rings (SSSR count). The van der Waals surface area contributed by atoms with Crippen molar-refractivity contribution in [2.75, 3.05) is 26.2 Å². The number of benzene rings is 1. The van der Waals surface area contributed by atoms with E-state index in [4.69, 9.17) is 0 Å². The minimum absolute atomic E-state index is 0.335. The van der Waals surface area contributed by atoms with E-state index in [1.165, 1.54) is 44.3 Å². The first-order valence-electron chi connectivity index (χ1n) is 11.1. The molecule has 1 aliphatic carbocycles. The third-order valence-corrected chi connectivity index (χ3v) is 6.51. The lowest BCUT2D eigenvalue weighted by Crippen LogP contribution is -2.50. The van der Waals surface area contributed by atoms with Gasteiger partial charge in [-0.2, -0.15) is 0 Å². The molecule has 6 heteroatoms. The SMILES string of the molecule is CCC[C@H](c1nnnn1CCc1ccccc1)N1CCN(C2CCCC2)CC1. The maximum absolute atomic E-state index is 4.47. The van der Waals surface area contributed by atoms with Gasteiger partial charge in [0, 0.05) is 38.8 Å². The Hall–Kier alpha value is -1.79. The van der Waals surface area contributed by atoms with Crippen molar-refractivity contribution in [3.8, 4) is 0 Å². The highest BCUT2D eigenvalue weighted by Gasteiger charge is 2.31. The molecular weight excluding hydrogens is 348 g/mol. The lowest BCUT2D eigenvalue weighted by molar-refractivity contribution is 0.0626. The Balaban J connectivity index is 1.40. The molecule has 1 aromatic heterocycles. The van der Waals surface area contributed by atoms with Gasteiger partial charge in [0.05, 0.1) is 6.04 Å². The number of tetrazole rings is 1. The van der Waals surface area contributed by atoms with Gasteiger partial charge in [0.1, 0.15) is 0 Å². The second-order valence-electron chi connectivity index (χ2n) is 8.31. The first-order chi connectivity index (χ1) is 13.8. The molecule has 1 aliphatic heterocycles. The van der Waals surface area contributed by atoms with Gasteiger partial charge in [-0.3, -0.25) is 9.80 Å². The van der Waals surface area contributed by atoms with Crippen LogP contribution in [-0.4, -0.2) is 62.2 Å². The highest BCUT2D eigenvalue weighted by Crippen LogP contribution is 2.28. The van der Waals surface area contributed by atoms with Crippen LogP contribution in [0.2, 0.25) is 0 Å². The summed E-state index contributed by atoms with van der Waals surface area (Å²) in [4.78, 5) is 5.35. The second-order valence-corrected chi connectivity index (χ2v) is 8.31. The third kappa shape index (κ3) is 4.61. The predicted octanol–water partition coefficient (Wildman–Crippen LogP) is 3.32. The zero-order valence-corrected chi connectivity index (χ0v) is 17.2. The van der Waals surface area contributed by atoms with Crippen LogP contribution in [-0.2, 0) is 13.0 Å². The Bertz CT molecular complexity index is 701. The van der Waals surface area contributed by atoms with E-state index < -0.39 is 0 Å². The number of aromatic nitrogens is 4. The van der Waals surface area contributed by atoms with Crippen molar-refractivity contribution in [3.05, 3.63) is 41.7 Å². The summed E-state index contributed by atoms with van der Waals surface area (Å²) in [5.74, 6) is 1.05. The normalized spacial score (nSPS) is 20.6.